The van der Waals surface area contributed by atoms with E-state index in [4.69, 9.17) is 0 Å². The predicted octanol–water partition coefficient (Wildman–Crippen LogP) is 4.05. The lowest BCUT2D eigenvalue weighted by molar-refractivity contribution is -0.133. The van der Waals surface area contributed by atoms with Crippen LogP contribution in [0.3, 0.4) is 0 Å². The molecule has 2 aromatic heterocycles. The molecule has 0 bridgehead atoms. The average molecular weight is 372 g/mol. The standard InChI is InChI=1S/C23H24N4O/c1-17(18-5-3-2-4-6-18)23(28)27-13-9-20(10-14-27)22-21(15-25-16-26-22)19-7-11-24-12-8-19/h2-8,11-12,15-17,20H,9-10,13-14H2,1H3. The molecule has 0 radical (unpaired) electrons. The summed E-state index contributed by atoms with van der Waals surface area (Å²) in [6.07, 6.45) is 8.92. The zero-order valence-corrected chi connectivity index (χ0v) is 16.0. The fraction of sp³-hybridized carbons (Fsp3) is 0.304. The van der Waals surface area contributed by atoms with E-state index in [1.165, 1.54) is 0 Å². The number of hydrogen-bond acceptors (Lipinski definition) is 4. The highest BCUT2D eigenvalue weighted by atomic mass is 16.2. The molecule has 1 aromatic carbocycles. The van der Waals surface area contributed by atoms with Gasteiger partial charge in [0.05, 0.1) is 11.6 Å². The molecule has 142 valence electrons. The number of amides is 1. The third kappa shape index (κ3) is 3.79. The fourth-order valence-corrected chi connectivity index (χ4v) is 3.95. The third-order valence-electron chi connectivity index (χ3n) is 5.60. The first kappa shape index (κ1) is 18.3. The number of pyridine rings is 1. The second-order valence-electron chi connectivity index (χ2n) is 7.29. The third-order valence-corrected chi connectivity index (χ3v) is 5.60. The number of likely N-dealkylation sites (tertiary alicyclic amines) is 1. The fourth-order valence-electron chi connectivity index (χ4n) is 3.95. The molecule has 1 saturated heterocycles. The molecule has 1 atom stereocenters. The molecular weight excluding hydrogens is 348 g/mol. The molecule has 0 saturated carbocycles. The molecule has 1 aliphatic heterocycles. The Labute approximate surface area is 165 Å². The van der Waals surface area contributed by atoms with Crippen molar-refractivity contribution in [2.75, 3.05) is 13.1 Å². The maximum absolute atomic E-state index is 12.9. The van der Waals surface area contributed by atoms with Crippen molar-refractivity contribution in [3.05, 3.63) is 78.6 Å². The number of piperidine rings is 1. The Kier molecular flexibility index (Phi) is 5.42. The van der Waals surface area contributed by atoms with E-state index in [9.17, 15) is 4.79 Å². The lowest BCUT2D eigenvalue weighted by Gasteiger charge is -2.34. The van der Waals surface area contributed by atoms with Crippen LogP contribution in [0.1, 0.15) is 42.9 Å². The number of rotatable bonds is 4. The van der Waals surface area contributed by atoms with Gasteiger partial charge in [0.25, 0.3) is 0 Å². The minimum Gasteiger partial charge on any atom is -0.342 e. The molecule has 3 aromatic rings. The zero-order valence-electron chi connectivity index (χ0n) is 16.0. The van der Waals surface area contributed by atoms with E-state index >= 15 is 0 Å². The first-order chi connectivity index (χ1) is 13.7. The topological polar surface area (TPSA) is 59.0 Å². The van der Waals surface area contributed by atoms with E-state index in [1.54, 1.807) is 18.7 Å². The van der Waals surface area contributed by atoms with Crippen LogP contribution in [0.25, 0.3) is 11.1 Å². The zero-order chi connectivity index (χ0) is 19.3. The Morgan fingerprint density at radius 3 is 2.46 bits per heavy atom. The Morgan fingerprint density at radius 1 is 1.04 bits per heavy atom. The van der Waals surface area contributed by atoms with Gasteiger partial charge in [0.15, 0.2) is 0 Å². The van der Waals surface area contributed by atoms with Crippen LogP contribution in [-0.4, -0.2) is 38.8 Å². The van der Waals surface area contributed by atoms with E-state index in [0.717, 1.165) is 48.3 Å². The van der Waals surface area contributed by atoms with Crippen LogP contribution in [0.5, 0.6) is 0 Å². The van der Waals surface area contributed by atoms with Crippen molar-refractivity contribution in [2.24, 2.45) is 0 Å². The van der Waals surface area contributed by atoms with Gasteiger partial charge in [0.2, 0.25) is 5.91 Å². The Bertz CT molecular complexity index is 922. The van der Waals surface area contributed by atoms with Crippen LogP contribution >= 0.6 is 0 Å². The maximum atomic E-state index is 12.9. The van der Waals surface area contributed by atoms with Crippen molar-refractivity contribution in [2.45, 2.75) is 31.6 Å². The smallest absolute Gasteiger partial charge is 0.229 e. The molecule has 4 rings (SSSR count). The second-order valence-corrected chi connectivity index (χ2v) is 7.29. The predicted molar refractivity (Wildman–Crippen MR) is 109 cm³/mol. The quantitative estimate of drug-likeness (QED) is 0.693. The molecule has 1 aliphatic rings. The molecule has 0 N–H and O–H groups in total. The summed E-state index contributed by atoms with van der Waals surface area (Å²) in [6, 6.07) is 14.0. The number of hydrogen-bond donors (Lipinski definition) is 0. The second kappa shape index (κ2) is 8.30. The van der Waals surface area contributed by atoms with E-state index in [-0.39, 0.29) is 11.8 Å². The Balaban J connectivity index is 1.46. The van der Waals surface area contributed by atoms with Gasteiger partial charge in [-0.3, -0.25) is 9.78 Å². The highest BCUT2D eigenvalue weighted by Crippen LogP contribution is 2.34. The van der Waals surface area contributed by atoms with E-state index in [2.05, 4.69) is 15.0 Å². The van der Waals surface area contributed by atoms with Crippen molar-refractivity contribution >= 4 is 5.91 Å². The van der Waals surface area contributed by atoms with Crippen molar-refractivity contribution in [1.29, 1.82) is 0 Å². The minimum absolute atomic E-state index is 0.107. The van der Waals surface area contributed by atoms with Crippen molar-refractivity contribution in [3.8, 4) is 11.1 Å². The van der Waals surface area contributed by atoms with Crippen LogP contribution in [0.4, 0.5) is 0 Å². The number of benzene rings is 1. The normalized spacial score (nSPS) is 16.0. The highest BCUT2D eigenvalue weighted by molar-refractivity contribution is 5.83. The molecule has 5 heteroatoms. The molecule has 1 unspecified atom stereocenters. The molecule has 1 amide bonds. The summed E-state index contributed by atoms with van der Waals surface area (Å²) >= 11 is 0. The summed E-state index contributed by atoms with van der Waals surface area (Å²) in [6.45, 7) is 3.52. The monoisotopic (exact) mass is 372 g/mol. The van der Waals surface area contributed by atoms with Gasteiger partial charge in [-0.05, 0) is 43.0 Å². The molecular formula is C23H24N4O. The first-order valence-electron chi connectivity index (χ1n) is 9.78. The van der Waals surface area contributed by atoms with Gasteiger partial charge < -0.3 is 4.90 Å². The number of carbonyl (C=O) groups is 1. The summed E-state index contributed by atoms with van der Waals surface area (Å²) in [5.74, 6) is 0.438. The lowest BCUT2D eigenvalue weighted by Crippen LogP contribution is -2.40. The van der Waals surface area contributed by atoms with E-state index in [1.807, 2.05) is 60.5 Å². The van der Waals surface area contributed by atoms with E-state index < -0.39 is 0 Å². The van der Waals surface area contributed by atoms with Crippen LogP contribution in [-0.2, 0) is 4.79 Å². The molecule has 5 nitrogen and oxygen atoms in total. The average Bonchev–Trinajstić information content (AvgIpc) is 2.79. The molecule has 1 fully saturated rings. The van der Waals surface area contributed by atoms with Gasteiger partial charge in [-0.2, -0.15) is 0 Å². The van der Waals surface area contributed by atoms with Gasteiger partial charge in [-0.15, -0.1) is 0 Å². The largest absolute Gasteiger partial charge is 0.342 e. The van der Waals surface area contributed by atoms with E-state index in [0.29, 0.717) is 5.92 Å². The van der Waals surface area contributed by atoms with Gasteiger partial charge in [-0.25, -0.2) is 9.97 Å². The Hall–Kier alpha value is -3.08. The molecule has 3 heterocycles. The summed E-state index contributed by atoms with van der Waals surface area (Å²) in [7, 11) is 0. The van der Waals surface area contributed by atoms with Gasteiger partial charge in [0, 0.05) is 43.2 Å². The van der Waals surface area contributed by atoms with Crippen molar-refractivity contribution < 1.29 is 4.79 Å². The van der Waals surface area contributed by atoms with Gasteiger partial charge in [-0.1, -0.05) is 30.3 Å². The maximum Gasteiger partial charge on any atom is 0.229 e. The molecule has 0 aliphatic carbocycles. The van der Waals surface area contributed by atoms with Crippen molar-refractivity contribution in [3.63, 3.8) is 0 Å². The number of carbonyl (C=O) groups excluding carboxylic acids is 1. The summed E-state index contributed by atoms with van der Waals surface area (Å²) in [5, 5.41) is 0. The van der Waals surface area contributed by atoms with Crippen LogP contribution in [0.15, 0.2) is 67.4 Å². The summed E-state index contributed by atoms with van der Waals surface area (Å²) in [4.78, 5) is 27.8. The number of nitrogens with zero attached hydrogens (tertiary/aromatic N) is 4. The summed E-state index contributed by atoms with van der Waals surface area (Å²) in [5.41, 5.74) is 4.30. The van der Waals surface area contributed by atoms with Gasteiger partial charge in [0.1, 0.15) is 6.33 Å². The lowest BCUT2D eigenvalue weighted by atomic mass is 9.88. The first-order valence-corrected chi connectivity index (χ1v) is 9.78. The molecule has 28 heavy (non-hydrogen) atoms. The van der Waals surface area contributed by atoms with Crippen LogP contribution < -0.4 is 0 Å². The highest BCUT2D eigenvalue weighted by Gasteiger charge is 2.29. The SMILES string of the molecule is CC(C(=O)N1CCC(c2ncncc2-c2ccncc2)CC1)c1ccccc1. The molecule has 0 spiro atoms. The Morgan fingerprint density at radius 2 is 1.75 bits per heavy atom. The number of aromatic nitrogens is 3. The van der Waals surface area contributed by atoms with Crippen LogP contribution in [0, 0.1) is 0 Å². The minimum atomic E-state index is -0.107. The summed E-state index contributed by atoms with van der Waals surface area (Å²) < 4.78 is 0. The van der Waals surface area contributed by atoms with Crippen LogP contribution in [0.2, 0.25) is 0 Å². The van der Waals surface area contributed by atoms with Crippen molar-refractivity contribution in [1.82, 2.24) is 19.9 Å². The van der Waals surface area contributed by atoms with Gasteiger partial charge >= 0.3 is 0 Å².